The van der Waals surface area contributed by atoms with Crippen molar-refractivity contribution < 1.29 is 0 Å². The Kier molecular flexibility index (Phi) is 4.16. The average Bonchev–Trinajstić information content (AvgIpc) is 3.07. The number of halogens is 2. The molecule has 0 saturated heterocycles. The Morgan fingerprint density at radius 3 is 2.62 bits per heavy atom. The molecule has 0 radical (unpaired) electrons. The van der Waals surface area contributed by atoms with E-state index in [-0.39, 0.29) is 0 Å². The highest BCUT2D eigenvalue weighted by atomic mass is 35.5. The van der Waals surface area contributed by atoms with E-state index >= 15 is 0 Å². The molecule has 0 atom stereocenters. The Morgan fingerprint density at radius 2 is 2.00 bits per heavy atom. The quantitative estimate of drug-likeness (QED) is 0.672. The normalized spacial score (nSPS) is 15.4. The first kappa shape index (κ1) is 12.3. The summed E-state index contributed by atoms with van der Waals surface area (Å²) < 4.78 is 0. The first-order valence-electron chi connectivity index (χ1n) is 6.18. The minimum Gasteiger partial charge on any atom is -0.0840 e. The molecule has 0 spiro atoms. The standard InChI is InChI=1S/C14H18Cl2/c1-2-3-4-11-7-8-13(15)12(14(11)16)9-10-5-6-10/h7-8,10H,2-6,9H2,1H3. The lowest BCUT2D eigenvalue weighted by molar-refractivity contribution is 0.788. The highest BCUT2D eigenvalue weighted by molar-refractivity contribution is 6.36. The molecule has 0 nitrogen and oxygen atoms in total. The van der Waals surface area contributed by atoms with Crippen molar-refractivity contribution in [1.29, 1.82) is 0 Å². The van der Waals surface area contributed by atoms with Gasteiger partial charge in [0.25, 0.3) is 0 Å². The van der Waals surface area contributed by atoms with Gasteiger partial charge in [-0.3, -0.25) is 0 Å². The molecule has 0 heterocycles. The van der Waals surface area contributed by atoms with Gasteiger partial charge in [0.15, 0.2) is 0 Å². The van der Waals surface area contributed by atoms with Gasteiger partial charge in [-0.05, 0) is 55.2 Å². The molecule has 1 aliphatic carbocycles. The number of hydrogen-bond acceptors (Lipinski definition) is 0. The van der Waals surface area contributed by atoms with Crippen molar-refractivity contribution in [1.82, 2.24) is 0 Å². The number of hydrogen-bond donors (Lipinski definition) is 0. The summed E-state index contributed by atoms with van der Waals surface area (Å²) in [6.07, 6.45) is 7.22. The minimum atomic E-state index is 0.830. The number of unbranched alkanes of at least 4 members (excludes halogenated alkanes) is 1. The van der Waals surface area contributed by atoms with E-state index in [4.69, 9.17) is 23.2 Å². The van der Waals surface area contributed by atoms with E-state index in [0.717, 1.165) is 28.8 Å². The van der Waals surface area contributed by atoms with Crippen molar-refractivity contribution >= 4 is 23.2 Å². The SMILES string of the molecule is CCCCc1ccc(Cl)c(CC2CC2)c1Cl. The van der Waals surface area contributed by atoms with Crippen LogP contribution in [0.25, 0.3) is 0 Å². The van der Waals surface area contributed by atoms with Crippen molar-refractivity contribution in [3.05, 3.63) is 33.3 Å². The van der Waals surface area contributed by atoms with Crippen molar-refractivity contribution in [2.45, 2.75) is 45.4 Å². The topological polar surface area (TPSA) is 0 Å². The van der Waals surface area contributed by atoms with Crippen LogP contribution in [0.3, 0.4) is 0 Å². The first-order chi connectivity index (χ1) is 7.72. The molecule has 0 unspecified atom stereocenters. The molecular formula is C14H18Cl2. The van der Waals surface area contributed by atoms with Gasteiger partial charge >= 0.3 is 0 Å². The fourth-order valence-corrected chi connectivity index (χ4v) is 2.62. The number of benzene rings is 1. The summed E-state index contributed by atoms with van der Waals surface area (Å²) in [5.41, 5.74) is 2.45. The average molecular weight is 257 g/mol. The van der Waals surface area contributed by atoms with Crippen molar-refractivity contribution in [3.63, 3.8) is 0 Å². The smallest absolute Gasteiger partial charge is 0.0484 e. The molecule has 1 aromatic carbocycles. The summed E-state index contributed by atoms with van der Waals surface area (Å²) in [6.45, 7) is 2.20. The zero-order valence-corrected chi connectivity index (χ0v) is 11.2. The second-order valence-electron chi connectivity index (χ2n) is 4.75. The summed E-state index contributed by atoms with van der Waals surface area (Å²) in [4.78, 5) is 0. The number of aryl methyl sites for hydroxylation is 1. The fraction of sp³-hybridized carbons (Fsp3) is 0.571. The molecular weight excluding hydrogens is 239 g/mol. The zero-order valence-electron chi connectivity index (χ0n) is 9.73. The monoisotopic (exact) mass is 256 g/mol. The lowest BCUT2D eigenvalue weighted by Gasteiger charge is -2.11. The third kappa shape index (κ3) is 2.93. The zero-order chi connectivity index (χ0) is 11.5. The molecule has 0 amide bonds. The second kappa shape index (κ2) is 5.42. The summed E-state index contributed by atoms with van der Waals surface area (Å²) in [6, 6.07) is 4.09. The summed E-state index contributed by atoms with van der Waals surface area (Å²) >= 11 is 12.7. The highest BCUT2D eigenvalue weighted by Gasteiger charge is 2.24. The molecule has 1 saturated carbocycles. The molecule has 88 valence electrons. The highest BCUT2D eigenvalue weighted by Crippen LogP contribution is 2.38. The maximum atomic E-state index is 6.44. The Labute approximate surface area is 108 Å². The molecule has 0 bridgehead atoms. The predicted molar refractivity (Wildman–Crippen MR) is 71.5 cm³/mol. The van der Waals surface area contributed by atoms with Crippen molar-refractivity contribution in [3.8, 4) is 0 Å². The van der Waals surface area contributed by atoms with E-state index in [1.807, 2.05) is 6.07 Å². The van der Waals surface area contributed by atoms with Crippen LogP contribution in [0.15, 0.2) is 12.1 Å². The van der Waals surface area contributed by atoms with Crippen molar-refractivity contribution in [2.75, 3.05) is 0 Å². The lowest BCUT2D eigenvalue weighted by atomic mass is 10.0. The van der Waals surface area contributed by atoms with Gasteiger partial charge in [-0.1, -0.05) is 42.6 Å². The molecule has 1 aromatic rings. The third-order valence-corrected chi connectivity index (χ3v) is 4.08. The fourth-order valence-electron chi connectivity index (χ4n) is 2.00. The van der Waals surface area contributed by atoms with Crippen LogP contribution in [0.1, 0.15) is 43.7 Å². The van der Waals surface area contributed by atoms with Crippen LogP contribution < -0.4 is 0 Å². The van der Waals surface area contributed by atoms with Gasteiger partial charge in [-0.2, -0.15) is 0 Å². The summed E-state index contributed by atoms with van der Waals surface area (Å²) in [5.74, 6) is 0.830. The summed E-state index contributed by atoms with van der Waals surface area (Å²) in [5, 5.41) is 1.77. The maximum Gasteiger partial charge on any atom is 0.0484 e. The van der Waals surface area contributed by atoms with Gasteiger partial charge in [0.05, 0.1) is 0 Å². The van der Waals surface area contributed by atoms with E-state index < -0.39 is 0 Å². The van der Waals surface area contributed by atoms with Crippen LogP contribution in [-0.2, 0) is 12.8 Å². The molecule has 1 fully saturated rings. The van der Waals surface area contributed by atoms with Crippen LogP contribution in [0.4, 0.5) is 0 Å². The van der Waals surface area contributed by atoms with Gasteiger partial charge in [0.2, 0.25) is 0 Å². The third-order valence-electron chi connectivity index (χ3n) is 3.26. The molecule has 1 aliphatic rings. The van der Waals surface area contributed by atoms with Gasteiger partial charge in [-0.15, -0.1) is 0 Å². The van der Waals surface area contributed by atoms with Crippen LogP contribution in [0, 0.1) is 5.92 Å². The van der Waals surface area contributed by atoms with E-state index in [1.54, 1.807) is 0 Å². The maximum absolute atomic E-state index is 6.44. The van der Waals surface area contributed by atoms with Gasteiger partial charge in [-0.25, -0.2) is 0 Å². The van der Waals surface area contributed by atoms with Crippen LogP contribution in [0.5, 0.6) is 0 Å². The van der Waals surface area contributed by atoms with E-state index in [9.17, 15) is 0 Å². The molecule has 0 aliphatic heterocycles. The lowest BCUT2D eigenvalue weighted by Crippen LogP contribution is -1.95. The molecule has 2 rings (SSSR count). The largest absolute Gasteiger partial charge is 0.0840 e. The van der Waals surface area contributed by atoms with E-state index in [1.165, 1.54) is 36.8 Å². The van der Waals surface area contributed by atoms with Gasteiger partial charge < -0.3 is 0 Å². The van der Waals surface area contributed by atoms with E-state index in [2.05, 4.69) is 13.0 Å². The Morgan fingerprint density at radius 1 is 1.25 bits per heavy atom. The second-order valence-corrected chi connectivity index (χ2v) is 5.54. The van der Waals surface area contributed by atoms with Crippen LogP contribution in [0.2, 0.25) is 10.0 Å². The van der Waals surface area contributed by atoms with Crippen LogP contribution in [-0.4, -0.2) is 0 Å². The molecule has 0 aromatic heterocycles. The van der Waals surface area contributed by atoms with Crippen LogP contribution >= 0.6 is 23.2 Å². The molecule has 16 heavy (non-hydrogen) atoms. The summed E-state index contributed by atoms with van der Waals surface area (Å²) in [7, 11) is 0. The van der Waals surface area contributed by atoms with Gasteiger partial charge in [0.1, 0.15) is 0 Å². The Balaban J connectivity index is 2.19. The van der Waals surface area contributed by atoms with Crippen molar-refractivity contribution in [2.24, 2.45) is 5.92 Å². The predicted octanol–water partition coefficient (Wildman–Crippen LogP) is 5.29. The Hall–Kier alpha value is -0.200. The van der Waals surface area contributed by atoms with E-state index in [0.29, 0.717) is 0 Å². The van der Waals surface area contributed by atoms with Gasteiger partial charge in [0, 0.05) is 10.0 Å². The molecule has 0 N–H and O–H groups in total. The molecule has 2 heteroatoms. The first-order valence-corrected chi connectivity index (χ1v) is 6.93. The Bertz CT molecular complexity index is 367. The number of rotatable bonds is 5. The minimum absolute atomic E-state index is 0.830.